The summed E-state index contributed by atoms with van der Waals surface area (Å²) in [5, 5.41) is 23.9. The fourth-order valence-corrected chi connectivity index (χ4v) is 3.27. The lowest BCUT2D eigenvalue weighted by Crippen LogP contribution is -2.32. The molecule has 0 aliphatic heterocycles. The number of nitrogens with one attached hydrogen (secondary N) is 2. The van der Waals surface area contributed by atoms with Gasteiger partial charge in [0, 0.05) is 12.1 Å². The average Bonchev–Trinajstić information content (AvgIpc) is 3.17. The second-order valence-corrected chi connectivity index (χ2v) is 7.63. The lowest BCUT2D eigenvalue weighted by atomic mass is 10.0. The largest absolute Gasteiger partial charge is 0.480 e. The average molecular weight is 459 g/mol. The molecule has 0 amide bonds. The summed E-state index contributed by atoms with van der Waals surface area (Å²) in [6.45, 7) is 1.95. The molecule has 0 aliphatic rings. The summed E-state index contributed by atoms with van der Waals surface area (Å²) in [7, 11) is 0. The molecule has 0 spiro atoms. The van der Waals surface area contributed by atoms with E-state index >= 15 is 0 Å². The Bertz CT molecular complexity index is 1260. The Morgan fingerprint density at radius 2 is 1.81 bits per heavy atom. The first kappa shape index (κ1) is 20.8. The van der Waals surface area contributed by atoms with Crippen LogP contribution >= 0.6 is 23.2 Å². The van der Waals surface area contributed by atoms with E-state index in [9.17, 15) is 9.90 Å². The maximum atomic E-state index is 11.9. The van der Waals surface area contributed by atoms with Crippen molar-refractivity contribution < 1.29 is 14.5 Å². The summed E-state index contributed by atoms with van der Waals surface area (Å²) in [6, 6.07) is 11.6. The Kier molecular flexibility index (Phi) is 5.88. The van der Waals surface area contributed by atoms with Gasteiger partial charge in [0.15, 0.2) is 11.6 Å². The molecule has 0 fully saturated rings. The molecular weight excluding hydrogens is 443 g/mol. The number of anilines is 3. The molecule has 0 saturated heterocycles. The number of fused-ring (bicyclic) bond motifs is 1. The molecule has 0 radical (unpaired) electrons. The number of hydrogen-bond donors (Lipinski definition) is 3. The van der Waals surface area contributed by atoms with Crippen LogP contribution in [0, 0.1) is 6.92 Å². The Labute approximate surface area is 186 Å². The Morgan fingerprint density at radius 3 is 2.48 bits per heavy atom. The predicted octanol–water partition coefficient (Wildman–Crippen LogP) is 4.48. The monoisotopic (exact) mass is 458 g/mol. The molecule has 2 aromatic carbocycles. The van der Waals surface area contributed by atoms with Crippen molar-refractivity contribution in [2.24, 2.45) is 0 Å². The number of hydrogen-bond acceptors (Lipinski definition) is 8. The molecule has 0 saturated carbocycles. The zero-order valence-corrected chi connectivity index (χ0v) is 17.6. The number of carboxylic acid groups (broad SMARTS) is 1. The van der Waals surface area contributed by atoms with Crippen LogP contribution in [0.5, 0.6) is 0 Å². The van der Waals surface area contributed by atoms with Crippen LogP contribution < -0.4 is 10.6 Å². The van der Waals surface area contributed by atoms with E-state index < -0.39 is 12.0 Å². The molecule has 3 N–H and O–H groups in total. The van der Waals surface area contributed by atoms with Gasteiger partial charge in [0.1, 0.15) is 6.04 Å². The fourth-order valence-electron chi connectivity index (χ4n) is 2.98. The second kappa shape index (κ2) is 8.75. The number of nitrogens with zero attached hydrogens (tertiary/aromatic N) is 4. The Morgan fingerprint density at radius 1 is 1.06 bits per heavy atom. The van der Waals surface area contributed by atoms with Crippen molar-refractivity contribution in [3.8, 4) is 0 Å². The first-order chi connectivity index (χ1) is 14.9. The van der Waals surface area contributed by atoms with Crippen molar-refractivity contribution in [1.29, 1.82) is 0 Å². The van der Waals surface area contributed by atoms with Crippen molar-refractivity contribution in [3.63, 3.8) is 0 Å². The number of aromatic nitrogens is 4. The van der Waals surface area contributed by atoms with Crippen molar-refractivity contribution >= 4 is 57.8 Å². The highest BCUT2D eigenvalue weighted by Gasteiger charge is 2.22. The molecule has 158 valence electrons. The summed E-state index contributed by atoms with van der Waals surface area (Å²) >= 11 is 12.1. The fraction of sp³-hybridized carbons (Fsp3) is 0.150. The minimum atomic E-state index is -1.04. The molecule has 2 aromatic heterocycles. The zero-order valence-electron chi connectivity index (χ0n) is 16.1. The molecule has 9 nitrogen and oxygen atoms in total. The van der Waals surface area contributed by atoms with Crippen LogP contribution in [0.4, 0.5) is 17.3 Å². The molecule has 4 rings (SSSR count). The molecule has 0 bridgehead atoms. The third kappa shape index (κ3) is 4.84. The van der Waals surface area contributed by atoms with Crippen molar-refractivity contribution in [3.05, 3.63) is 63.6 Å². The first-order valence-corrected chi connectivity index (χ1v) is 9.92. The number of benzene rings is 2. The Hall–Kier alpha value is -3.43. The van der Waals surface area contributed by atoms with Gasteiger partial charge in [-0.1, -0.05) is 53.0 Å². The zero-order chi connectivity index (χ0) is 22.0. The van der Waals surface area contributed by atoms with Gasteiger partial charge in [-0.15, -0.1) is 0 Å². The molecule has 4 aromatic rings. The highest BCUT2D eigenvalue weighted by molar-refractivity contribution is 6.42. The highest BCUT2D eigenvalue weighted by Crippen LogP contribution is 2.29. The van der Waals surface area contributed by atoms with E-state index in [2.05, 4.69) is 35.5 Å². The van der Waals surface area contributed by atoms with Crippen LogP contribution in [0.25, 0.3) is 11.3 Å². The third-order valence-electron chi connectivity index (χ3n) is 4.43. The number of aliphatic carboxylic acids is 1. The number of carbonyl (C=O) groups is 1. The topological polar surface area (TPSA) is 126 Å². The van der Waals surface area contributed by atoms with E-state index in [0.717, 1.165) is 11.1 Å². The van der Waals surface area contributed by atoms with Gasteiger partial charge in [0.25, 0.3) is 0 Å². The maximum Gasteiger partial charge on any atom is 0.326 e. The number of rotatable bonds is 7. The van der Waals surface area contributed by atoms with Crippen LogP contribution in [0.1, 0.15) is 11.1 Å². The van der Waals surface area contributed by atoms with Crippen LogP contribution in [0.2, 0.25) is 10.0 Å². The first-order valence-electron chi connectivity index (χ1n) is 9.16. The van der Waals surface area contributed by atoms with E-state index in [1.165, 1.54) is 0 Å². The van der Waals surface area contributed by atoms with Gasteiger partial charge in [-0.05, 0) is 41.0 Å². The van der Waals surface area contributed by atoms with Crippen LogP contribution in [-0.4, -0.2) is 37.4 Å². The number of carboxylic acids is 1. The smallest absolute Gasteiger partial charge is 0.326 e. The summed E-state index contributed by atoms with van der Waals surface area (Å²) in [6.07, 6.45) is 0.236. The van der Waals surface area contributed by atoms with E-state index in [-0.39, 0.29) is 29.4 Å². The number of halogens is 2. The van der Waals surface area contributed by atoms with E-state index in [4.69, 9.17) is 23.2 Å². The van der Waals surface area contributed by atoms with Gasteiger partial charge in [-0.25, -0.2) is 19.4 Å². The summed E-state index contributed by atoms with van der Waals surface area (Å²) < 4.78 is 4.69. The van der Waals surface area contributed by atoms with Gasteiger partial charge in [-0.3, -0.25) is 0 Å². The van der Waals surface area contributed by atoms with Gasteiger partial charge in [-0.2, -0.15) is 0 Å². The van der Waals surface area contributed by atoms with Crippen molar-refractivity contribution in [2.75, 3.05) is 10.6 Å². The summed E-state index contributed by atoms with van der Waals surface area (Å²) in [5.41, 5.74) is 2.79. The summed E-state index contributed by atoms with van der Waals surface area (Å²) in [5.74, 6) is -0.631. The second-order valence-electron chi connectivity index (χ2n) is 6.81. The van der Waals surface area contributed by atoms with Gasteiger partial charge in [0.2, 0.25) is 11.3 Å². The van der Waals surface area contributed by atoms with Crippen LogP contribution in [-0.2, 0) is 11.2 Å². The van der Waals surface area contributed by atoms with Crippen LogP contribution in [0.3, 0.4) is 0 Å². The van der Waals surface area contributed by atoms with Crippen molar-refractivity contribution in [1.82, 2.24) is 20.3 Å². The lowest BCUT2D eigenvalue weighted by molar-refractivity contribution is -0.137. The normalized spacial score (nSPS) is 12.0. The van der Waals surface area contributed by atoms with E-state index in [1.807, 2.05) is 31.2 Å². The highest BCUT2D eigenvalue weighted by atomic mass is 35.5. The van der Waals surface area contributed by atoms with Gasteiger partial charge >= 0.3 is 5.97 Å². The minimum absolute atomic E-state index is 0.141. The third-order valence-corrected chi connectivity index (χ3v) is 5.17. The molecule has 2 heterocycles. The van der Waals surface area contributed by atoms with E-state index in [0.29, 0.717) is 15.7 Å². The SMILES string of the molecule is Cc1cccc(CC(Nc2nc3nonc3nc2Nc2ccc(Cl)c(Cl)c2)C(=O)O)c1. The molecule has 11 heteroatoms. The minimum Gasteiger partial charge on any atom is -0.480 e. The maximum absolute atomic E-state index is 11.9. The van der Waals surface area contributed by atoms with Gasteiger partial charge < -0.3 is 15.7 Å². The lowest BCUT2D eigenvalue weighted by Gasteiger charge is -2.18. The molecule has 0 aliphatic carbocycles. The van der Waals surface area contributed by atoms with Gasteiger partial charge in [0.05, 0.1) is 10.0 Å². The summed E-state index contributed by atoms with van der Waals surface area (Å²) in [4.78, 5) is 20.6. The predicted molar refractivity (Wildman–Crippen MR) is 117 cm³/mol. The van der Waals surface area contributed by atoms with Crippen molar-refractivity contribution in [2.45, 2.75) is 19.4 Å². The van der Waals surface area contributed by atoms with E-state index in [1.54, 1.807) is 18.2 Å². The standard InChI is InChI=1S/C20H16Cl2N6O3/c1-10-3-2-4-11(7-10)8-15(20(29)30)24-17-16(25-18-19(26-17)28-31-27-18)23-12-5-6-13(21)14(22)9-12/h2-7,9,15H,8H2,1H3,(H,29,30)(H,23,25,27)(H,24,26,28). The quantitative estimate of drug-likeness (QED) is 0.367. The molecule has 31 heavy (non-hydrogen) atoms. The van der Waals surface area contributed by atoms with Crippen LogP contribution in [0.15, 0.2) is 47.1 Å². The number of aryl methyl sites for hydroxylation is 1. The Balaban J connectivity index is 1.67. The molecular formula is C20H16Cl2N6O3. The molecule has 1 unspecified atom stereocenters. The molecule has 1 atom stereocenters.